The molecule has 6 heteroatoms. The van der Waals surface area contributed by atoms with Crippen LogP contribution in [0.5, 0.6) is 11.6 Å². The number of benzene rings is 2. The highest BCUT2D eigenvalue weighted by Gasteiger charge is 2.31. The number of hydrogen-bond donors (Lipinski definition) is 0. The van der Waals surface area contributed by atoms with Crippen LogP contribution in [-0.4, -0.2) is 28.5 Å². The van der Waals surface area contributed by atoms with E-state index in [2.05, 4.69) is 23.2 Å². The third kappa shape index (κ3) is 3.73. The molecule has 5 rings (SSSR count). The van der Waals surface area contributed by atoms with Crippen molar-refractivity contribution in [3.63, 3.8) is 0 Å². The van der Waals surface area contributed by atoms with Gasteiger partial charge in [0.1, 0.15) is 11.4 Å². The van der Waals surface area contributed by atoms with Gasteiger partial charge in [-0.25, -0.2) is 9.67 Å². The molecular weight excluding hydrogens is 422 g/mol. The Morgan fingerprint density at radius 2 is 1.84 bits per heavy atom. The fourth-order valence-corrected chi connectivity index (χ4v) is 4.54. The van der Waals surface area contributed by atoms with Gasteiger partial charge in [0, 0.05) is 28.4 Å². The van der Waals surface area contributed by atoms with Crippen molar-refractivity contribution in [1.82, 2.24) is 14.8 Å². The summed E-state index contributed by atoms with van der Waals surface area (Å²) < 4.78 is 13.1. The highest BCUT2D eigenvalue weighted by molar-refractivity contribution is 6.30. The molecule has 1 atom stereocenters. The van der Waals surface area contributed by atoms with Gasteiger partial charge in [-0.15, -0.1) is 0 Å². The molecule has 0 aliphatic heterocycles. The molecule has 0 amide bonds. The van der Waals surface area contributed by atoms with Crippen LogP contribution in [0.2, 0.25) is 5.02 Å². The minimum Gasteiger partial charge on any atom is -0.494 e. The number of methoxy groups -OCH3 is 1. The lowest BCUT2D eigenvalue weighted by Crippen LogP contribution is -2.06. The first-order valence-corrected chi connectivity index (χ1v) is 11.1. The monoisotopic (exact) mass is 445 g/mol. The molecule has 4 aromatic rings. The van der Waals surface area contributed by atoms with Crippen molar-refractivity contribution >= 4 is 11.6 Å². The summed E-state index contributed by atoms with van der Waals surface area (Å²) in [5, 5.41) is 5.76. The number of aromatic nitrogens is 3. The zero-order valence-corrected chi connectivity index (χ0v) is 18.8. The Kier molecular flexibility index (Phi) is 5.58. The van der Waals surface area contributed by atoms with Crippen LogP contribution < -0.4 is 9.47 Å². The summed E-state index contributed by atoms with van der Waals surface area (Å²) in [6.45, 7) is 2.58. The van der Waals surface area contributed by atoms with Crippen LogP contribution in [0.25, 0.3) is 16.9 Å². The number of fused-ring (bicyclic) bond motifs is 1. The maximum absolute atomic E-state index is 6.17. The molecule has 0 radical (unpaired) electrons. The Balaban J connectivity index is 1.57. The number of pyridine rings is 1. The van der Waals surface area contributed by atoms with Gasteiger partial charge in [0.05, 0.1) is 25.1 Å². The van der Waals surface area contributed by atoms with Gasteiger partial charge in [0.15, 0.2) is 0 Å². The lowest BCUT2D eigenvalue weighted by molar-refractivity contribution is 0.326. The van der Waals surface area contributed by atoms with Gasteiger partial charge in [-0.1, -0.05) is 41.9 Å². The molecule has 162 valence electrons. The molecule has 0 saturated heterocycles. The number of rotatable bonds is 6. The normalized spacial score (nSPS) is 14.9. The molecule has 0 bridgehead atoms. The zero-order chi connectivity index (χ0) is 22.1. The smallest absolute Gasteiger partial charge is 0.213 e. The van der Waals surface area contributed by atoms with E-state index in [0.717, 1.165) is 41.2 Å². The summed E-state index contributed by atoms with van der Waals surface area (Å²) in [6, 6.07) is 20.0. The Morgan fingerprint density at radius 3 is 2.56 bits per heavy atom. The van der Waals surface area contributed by atoms with E-state index >= 15 is 0 Å². The standard InChI is InChI=1S/C26H24ClN3O2/c1-3-32-25-13-10-18(16-28-25)19-14-21-22(15-19)29-30(23-6-4-5-7-24(23)31-2)26(21)17-8-11-20(27)12-9-17/h4-13,16,19H,3,14-15H2,1-2H3. The molecule has 1 aliphatic carbocycles. The van der Waals surface area contributed by atoms with E-state index in [9.17, 15) is 0 Å². The summed E-state index contributed by atoms with van der Waals surface area (Å²) in [7, 11) is 1.69. The maximum atomic E-state index is 6.17. The van der Waals surface area contributed by atoms with Gasteiger partial charge in [0.2, 0.25) is 5.88 Å². The topological polar surface area (TPSA) is 49.2 Å². The Hall–Kier alpha value is -3.31. The average Bonchev–Trinajstić information content (AvgIpc) is 3.39. The summed E-state index contributed by atoms with van der Waals surface area (Å²) >= 11 is 6.17. The van der Waals surface area contributed by atoms with Gasteiger partial charge >= 0.3 is 0 Å². The van der Waals surface area contributed by atoms with Crippen LogP contribution in [0.4, 0.5) is 0 Å². The average molecular weight is 446 g/mol. The Labute approximate surface area is 192 Å². The molecule has 2 heterocycles. The van der Waals surface area contributed by atoms with E-state index in [1.165, 1.54) is 11.1 Å². The van der Waals surface area contributed by atoms with Gasteiger partial charge in [-0.2, -0.15) is 5.10 Å². The predicted molar refractivity (Wildman–Crippen MR) is 126 cm³/mol. The third-order valence-electron chi connectivity index (χ3n) is 5.91. The lowest BCUT2D eigenvalue weighted by atomic mass is 9.97. The number of halogens is 1. The van der Waals surface area contributed by atoms with Crippen LogP contribution >= 0.6 is 11.6 Å². The molecule has 2 aromatic carbocycles. The number of ether oxygens (including phenoxy) is 2. The van der Waals surface area contributed by atoms with E-state index in [4.69, 9.17) is 26.2 Å². The fourth-order valence-electron chi connectivity index (χ4n) is 4.41. The zero-order valence-electron chi connectivity index (χ0n) is 18.1. The second-order valence-electron chi connectivity index (χ2n) is 7.83. The van der Waals surface area contributed by atoms with Gasteiger partial charge in [0.25, 0.3) is 0 Å². The molecule has 2 aromatic heterocycles. The van der Waals surface area contributed by atoms with Crippen molar-refractivity contribution in [2.45, 2.75) is 25.7 Å². The van der Waals surface area contributed by atoms with E-state index in [1.807, 2.05) is 60.3 Å². The Bertz CT molecular complexity index is 1230. The highest BCUT2D eigenvalue weighted by atomic mass is 35.5. The number of hydrogen-bond acceptors (Lipinski definition) is 4. The molecule has 5 nitrogen and oxygen atoms in total. The van der Waals surface area contributed by atoms with Crippen molar-refractivity contribution in [3.8, 4) is 28.6 Å². The summed E-state index contributed by atoms with van der Waals surface area (Å²) in [4.78, 5) is 4.46. The quantitative estimate of drug-likeness (QED) is 0.372. The second kappa shape index (κ2) is 8.67. The van der Waals surface area contributed by atoms with Crippen molar-refractivity contribution < 1.29 is 9.47 Å². The van der Waals surface area contributed by atoms with Crippen LogP contribution in [0, 0.1) is 0 Å². The highest BCUT2D eigenvalue weighted by Crippen LogP contribution is 2.41. The summed E-state index contributed by atoms with van der Waals surface area (Å²) in [5.41, 5.74) is 6.67. The molecular formula is C26H24ClN3O2. The first-order valence-electron chi connectivity index (χ1n) is 10.8. The van der Waals surface area contributed by atoms with E-state index in [0.29, 0.717) is 23.4 Å². The van der Waals surface area contributed by atoms with Crippen molar-refractivity contribution in [2.75, 3.05) is 13.7 Å². The van der Waals surface area contributed by atoms with Crippen LogP contribution in [0.3, 0.4) is 0 Å². The van der Waals surface area contributed by atoms with E-state index < -0.39 is 0 Å². The van der Waals surface area contributed by atoms with Crippen LogP contribution in [0.1, 0.15) is 29.7 Å². The molecule has 32 heavy (non-hydrogen) atoms. The van der Waals surface area contributed by atoms with Gasteiger partial charge in [-0.05, 0) is 55.5 Å². The van der Waals surface area contributed by atoms with Crippen molar-refractivity contribution in [1.29, 1.82) is 0 Å². The lowest BCUT2D eigenvalue weighted by Gasteiger charge is -2.15. The number of para-hydroxylation sites is 2. The van der Waals surface area contributed by atoms with Gasteiger partial charge in [-0.3, -0.25) is 0 Å². The molecule has 0 saturated carbocycles. The van der Waals surface area contributed by atoms with Crippen molar-refractivity contribution in [3.05, 3.63) is 88.7 Å². The van der Waals surface area contributed by atoms with Crippen LogP contribution in [-0.2, 0) is 12.8 Å². The predicted octanol–water partition coefficient (Wildman–Crippen LogP) is 5.88. The second-order valence-corrected chi connectivity index (χ2v) is 8.27. The SMILES string of the molecule is CCOc1ccc(C2Cc3nn(-c4ccccc4OC)c(-c4ccc(Cl)cc4)c3C2)cn1. The first-order chi connectivity index (χ1) is 15.7. The minimum absolute atomic E-state index is 0.342. The maximum Gasteiger partial charge on any atom is 0.213 e. The van der Waals surface area contributed by atoms with Crippen LogP contribution in [0.15, 0.2) is 66.9 Å². The molecule has 0 spiro atoms. The first kappa shape index (κ1) is 20.6. The fraction of sp³-hybridized carbons (Fsp3) is 0.231. The van der Waals surface area contributed by atoms with E-state index in [1.54, 1.807) is 7.11 Å². The summed E-state index contributed by atoms with van der Waals surface area (Å²) in [5.74, 6) is 1.79. The largest absolute Gasteiger partial charge is 0.494 e. The molecule has 1 aliphatic rings. The Morgan fingerprint density at radius 1 is 1.03 bits per heavy atom. The van der Waals surface area contributed by atoms with E-state index in [-0.39, 0.29) is 0 Å². The minimum atomic E-state index is 0.342. The summed E-state index contributed by atoms with van der Waals surface area (Å²) in [6.07, 6.45) is 3.70. The molecule has 0 fully saturated rings. The third-order valence-corrected chi connectivity index (χ3v) is 6.16. The number of nitrogens with zero attached hydrogens (tertiary/aromatic N) is 3. The van der Waals surface area contributed by atoms with Crippen molar-refractivity contribution in [2.24, 2.45) is 0 Å². The van der Waals surface area contributed by atoms with Gasteiger partial charge < -0.3 is 9.47 Å². The molecule has 0 N–H and O–H groups in total. The molecule has 1 unspecified atom stereocenters.